The third kappa shape index (κ3) is 1.97. The molecule has 0 aliphatic heterocycles. The first-order chi connectivity index (χ1) is 6.68. The SMILES string of the molecule is CC1CCC(C(N)c2ccsc2Cl)C1. The van der Waals surface area contributed by atoms with E-state index in [1.54, 1.807) is 11.3 Å². The molecule has 1 nitrogen and oxygen atoms in total. The Kier molecular flexibility index (Phi) is 3.15. The highest BCUT2D eigenvalue weighted by molar-refractivity contribution is 7.14. The minimum Gasteiger partial charge on any atom is -0.324 e. The topological polar surface area (TPSA) is 26.0 Å². The molecule has 0 aromatic carbocycles. The second-order valence-electron chi connectivity index (χ2n) is 4.35. The van der Waals surface area contributed by atoms with Crippen LogP contribution < -0.4 is 5.73 Å². The maximum absolute atomic E-state index is 6.23. The lowest BCUT2D eigenvalue weighted by atomic mass is 9.93. The van der Waals surface area contributed by atoms with Crippen molar-refractivity contribution in [3.8, 4) is 0 Å². The standard InChI is InChI=1S/C11H16ClNS/c1-7-2-3-8(6-7)10(13)9-4-5-14-11(9)12/h4-5,7-8,10H,2-3,6,13H2,1H3. The lowest BCUT2D eigenvalue weighted by Crippen LogP contribution is -2.19. The highest BCUT2D eigenvalue weighted by atomic mass is 35.5. The van der Waals surface area contributed by atoms with Crippen LogP contribution in [0.1, 0.15) is 37.8 Å². The van der Waals surface area contributed by atoms with Gasteiger partial charge >= 0.3 is 0 Å². The highest BCUT2D eigenvalue weighted by Crippen LogP contribution is 2.40. The van der Waals surface area contributed by atoms with Crippen molar-refractivity contribution in [1.82, 2.24) is 0 Å². The van der Waals surface area contributed by atoms with Gasteiger partial charge in [-0.1, -0.05) is 24.9 Å². The van der Waals surface area contributed by atoms with Crippen molar-refractivity contribution in [2.75, 3.05) is 0 Å². The van der Waals surface area contributed by atoms with E-state index in [0.717, 1.165) is 15.8 Å². The summed E-state index contributed by atoms with van der Waals surface area (Å²) in [7, 11) is 0. The summed E-state index contributed by atoms with van der Waals surface area (Å²) in [4.78, 5) is 0. The number of halogens is 1. The van der Waals surface area contributed by atoms with Gasteiger partial charge in [0.05, 0.1) is 4.34 Å². The van der Waals surface area contributed by atoms with Gasteiger partial charge in [0.15, 0.2) is 0 Å². The molecule has 0 saturated heterocycles. The van der Waals surface area contributed by atoms with E-state index in [1.807, 2.05) is 5.38 Å². The van der Waals surface area contributed by atoms with Crippen molar-refractivity contribution in [2.24, 2.45) is 17.6 Å². The zero-order chi connectivity index (χ0) is 10.1. The molecule has 3 unspecified atom stereocenters. The fourth-order valence-corrected chi connectivity index (χ4v) is 3.39. The van der Waals surface area contributed by atoms with E-state index in [-0.39, 0.29) is 6.04 Å². The van der Waals surface area contributed by atoms with Crippen LogP contribution in [0.25, 0.3) is 0 Å². The number of hydrogen-bond acceptors (Lipinski definition) is 2. The van der Waals surface area contributed by atoms with Crippen LogP contribution in [-0.2, 0) is 0 Å². The Morgan fingerprint density at radius 3 is 2.86 bits per heavy atom. The smallest absolute Gasteiger partial charge is 0.0976 e. The Morgan fingerprint density at radius 1 is 1.57 bits per heavy atom. The summed E-state index contributed by atoms with van der Waals surface area (Å²) in [5.41, 5.74) is 7.38. The first-order valence-corrected chi connectivity index (χ1v) is 6.42. The monoisotopic (exact) mass is 229 g/mol. The summed E-state index contributed by atoms with van der Waals surface area (Å²) in [5.74, 6) is 1.47. The summed E-state index contributed by atoms with van der Waals surface area (Å²) in [5, 5.41) is 2.02. The van der Waals surface area contributed by atoms with E-state index in [2.05, 4.69) is 13.0 Å². The summed E-state index contributed by atoms with van der Waals surface area (Å²) in [6.45, 7) is 2.31. The molecular formula is C11H16ClNS. The maximum atomic E-state index is 6.23. The molecule has 0 radical (unpaired) electrons. The van der Waals surface area contributed by atoms with Crippen LogP contribution in [0.2, 0.25) is 4.34 Å². The molecule has 1 saturated carbocycles. The molecule has 2 N–H and O–H groups in total. The second kappa shape index (κ2) is 4.21. The Balaban J connectivity index is 2.09. The van der Waals surface area contributed by atoms with Gasteiger partial charge < -0.3 is 5.73 Å². The zero-order valence-electron chi connectivity index (χ0n) is 8.37. The molecule has 1 aliphatic carbocycles. The number of rotatable bonds is 2. The number of hydrogen-bond donors (Lipinski definition) is 1. The molecule has 1 aromatic rings. The summed E-state index contributed by atoms with van der Waals surface area (Å²) in [6.07, 6.45) is 3.84. The number of thiophene rings is 1. The van der Waals surface area contributed by atoms with Crippen LogP contribution >= 0.6 is 22.9 Å². The maximum Gasteiger partial charge on any atom is 0.0976 e. The Bertz CT molecular complexity index is 310. The van der Waals surface area contributed by atoms with Gasteiger partial charge in [0.25, 0.3) is 0 Å². The summed E-state index contributed by atoms with van der Waals surface area (Å²) >= 11 is 7.67. The average molecular weight is 230 g/mol. The Labute approximate surface area is 94.3 Å². The first kappa shape index (κ1) is 10.5. The molecule has 1 fully saturated rings. The lowest BCUT2D eigenvalue weighted by Gasteiger charge is -2.18. The van der Waals surface area contributed by atoms with Crippen molar-refractivity contribution in [2.45, 2.75) is 32.2 Å². The van der Waals surface area contributed by atoms with Gasteiger partial charge in [0.1, 0.15) is 0 Å². The highest BCUT2D eigenvalue weighted by Gasteiger charge is 2.28. The molecule has 0 spiro atoms. The third-order valence-corrected chi connectivity index (χ3v) is 4.45. The quantitative estimate of drug-likeness (QED) is 0.820. The largest absolute Gasteiger partial charge is 0.324 e. The fourth-order valence-electron chi connectivity index (χ4n) is 2.37. The van der Waals surface area contributed by atoms with Gasteiger partial charge in [-0.25, -0.2) is 0 Å². The van der Waals surface area contributed by atoms with Crippen molar-refractivity contribution in [1.29, 1.82) is 0 Å². The van der Waals surface area contributed by atoms with Gasteiger partial charge in [-0.2, -0.15) is 0 Å². The van der Waals surface area contributed by atoms with Gasteiger partial charge in [-0.15, -0.1) is 11.3 Å². The number of nitrogens with two attached hydrogens (primary N) is 1. The van der Waals surface area contributed by atoms with Crippen molar-refractivity contribution >= 4 is 22.9 Å². The predicted octanol–water partition coefficient (Wildman–Crippen LogP) is 3.84. The van der Waals surface area contributed by atoms with E-state index < -0.39 is 0 Å². The molecule has 0 bridgehead atoms. The molecule has 2 rings (SSSR count). The van der Waals surface area contributed by atoms with Gasteiger partial charge in [0, 0.05) is 6.04 Å². The summed E-state index contributed by atoms with van der Waals surface area (Å²) < 4.78 is 0.872. The molecule has 1 heterocycles. The van der Waals surface area contributed by atoms with Gasteiger partial charge in [0.2, 0.25) is 0 Å². The molecule has 1 aromatic heterocycles. The van der Waals surface area contributed by atoms with E-state index >= 15 is 0 Å². The normalized spacial score (nSPS) is 29.4. The fraction of sp³-hybridized carbons (Fsp3) is 0.636. The molecule has 1 aliphatic rings. The van der Waals surface area contributed by atoms with Gasteiger partial charge in [-0.3, -0.25) is 0 Å². The Morgan fingerprint density at radius 2 is 2.36 bits per heavy atom. The minimum absolute atomic E-state index is 0.152. The minimum atomic E-state index is 0.152. The van der Waals surface area contributed by atoms with Crippen molar-refractivity contribution < 1.29 is 0 Å². The van der Waals surface area contributed by atoms with Crippen molar-refractivity contribution in [3.05, 3.63) is 21.3 Å². The third-order valence-electron chi connectivity index (χ3n) is 3.25. The van der Waals surface area contributed by atoms with Gasteiger partial charge in [-0.05, 0) is 41.7 Å². The van der Waals surface area contributed by atoms with Crippen LogP contribution in [0.3, 0.4) is 0 Å². The second-order valence-corrected chi connectivity index (χ2v) is 5.87. The molecule has 3 atom stereocenters. The molecule has 3 heteroatoms. The van der Waals surface area contributed by atoms with E-state index in [0.29, 0.717) is 5.92 Å². The lowest BCUT2D eigenvalue weighted by molar-refractivity contribution is 0.429. The summed E-state index contributed by atoms with van der Waals surface area (Å²) in [6, 6.07) is 2.22. The van der Waals surface area contributed by atoms with E-state index in [4.69, 9.17) is 17.3 Å². The van der Waals surface area contributed by atoms with Crippen LogP contribution in [0.5, 0.6) is 0 Å². The molecular weight excluding hydrogens is 214 g/mol. The van der Waals surface area contributed by atoms with E-state index in [9.17, 15) is 0 Å². The predicted molar refractivity (Wildman–Crippen MR) is 62.8 cm³/mol. The van der Waals surface area contributed by atoms with Crippen LogP contribution in [0.4, 0.5) is 0 Å². The molecule has 0 amide bonds. The first-order valence-electron chi connectivity index (χ1n) is 5.17. The average Bonchev–Trinajstić information content (AvgIpc) is 2.73. The zero-order valence-corrected chi connectivity index (χ0v) is 9.94. The van der Waals surface area contributed by atoms with E-state index in [1.165, 1.54) is 19.3 Å². The molecule has 14 heavy (non-hydrogen) atoms. The van der Waals surface area contributed by atoms with Crippen LogP contribution in [-0.4, -0.2) is 0 Å². The Hall–Kier alpha value is -0.0500. The van der Waals surface area contributed by atoms with Crippen LogP contribution in [0.15, 0.2) is 11.4 Å². The van der Waals surface area contributed by atoms with Crippen molar-refractivity contribution in [3.63, 3.8) is 0 Å². The molecule has 78 valence electrons. The van der Waals surface area contributed by atoms with Crippen LogP contribution in [0, 0.1) is 11.8 Å².